The number of benzene rings is 1. The number of fused-ring (bicyclic) bond motifs is 2. The van der Waals surface area contributed by atoms with Crippen molar-refractivity contribution < 1.29 is 14.6 Å². The molecule has 2 fully saturated rings. The number of hydrogen-bond donors (Lipinski definition) is 2. The molecule has 10 heteroatoms. The van der Waals surface area contributed by atoms with Crippen molar-refractivity contribution in [3.05, 3.63) is 36.2 Å². The van der Waals surface area contributed by atoms with Crippen LogP contribution in [0.4, 0.5) is 11.6 Å². The van der Waals surface area contributed by atoms with Gasteiger partial charge in [0.2, 0.25) is 5.95 Å². The molecule has 1 unspecified atom stereocenters. The number of nitrogens with one attached hydrogen (secondary N) is 1. The molecule has 2 aliphatic rings. The second kappa shape index (κ2) is 5.11. The van der Waals surface area contributed by atoms with E-state index in [1.54, 1.807) is 5.48 Å². The number of aromatic nitrogens is 4. The van der Waals surface area contributed by atoms with E-state index >= 15 is 0 Å². The van der Waals surface area contributed by atoms with Gasteiger partial charge in [-0.3, -0.25) is 10.0 Å². The van der Waals surface area contributed by atoms with Gasteiger partial charge in [-0.1, -0.05) is 6.07 Å². The topological polar surface area (TPSA) is 121 Å². The number of carbonyl (C=O) groups is 1. The molecule has 1 amide bonds. The summed E-state index contributed by atoms with van der Waals surface area (Å²) < 4.78 is 4.83. The fourth-order valence-electron chi connectivity index (χ4n) is 3.44. The summed E-state index contributed by atoms with van der Waals surface area (Å²) >= 11 is 0. The lowest BCUT2D eigenvalue weighted by atomic mass is 9.85. The van der Waals surface area contributed by atoms with Gasteiger partial charge in [-0.05, 0) is 22.4 Å². The van der Waals surface area contributed by atoms with Crippen LogP contribution in [0.15, 0.2) is 35.2 Å². The average molecular weight is 339 g/mol. The molecule has 2 saturated heterocycles. The molecule has 10 nitrogen and oxygen atoms in total. The maximum Gasteiger partial charge on any atom is 0.277 e. The molecular formula is C15H13N7O3. The Morgan fingerprint density at radius 2 is 1.92 bits per heavy atom. The van der Waals surface area contributed by atoms with Gasteiger partial charge in [-0.15, -0.1) is 0 Å². The molecule has 3 aromatic rings. The Hall–Kier alpha value is -3.27. The van der Waals surface area contributed by atoms with E-state index in [2.05, 4.69) is 30.1 Å². The van der Waals surface area contributed by atoms with Crippen LogP contribution >= 0.6 is 0 Å². The van der Waals surface area contributed by atoms with Gasteiger partial charge < -0.3 is 9.80 Å². The van der Waals surface area contributed by atoms with Crippen molar-refractivity contribution in [1.29, 1.82) is 0 Å². The minimum atomic E-state index is -0.628. The molecule has 25 heavy (non-hydrogen) atoms. The summed E-state index contributed by atoms with van der Waals surface area (Å²) in [5.41, 5.74) is 4.32. The zero-order valence-corrected chi connectivity index (χ0v) is 12.9. The van der Waals surface area contributed by atoms with Gasteiger partial charge in [0.05, 0.1) is 23.3 Å². The highest BCUT2D eigenvalue weighted by Gasteiger charge is 2.53. The van der Waals surface area contributed by atoms with E-state index in [0.717, 1.165) is 29.8 Å². The Kier molecular flexibility index (Phi) is 2.88. The number of hydrogen-bond acceptors (Lipinski definition) is 9. The Labute approximate surface area is 141 Å². The zero-order chi connectivity index (χ0) is 17.0. The smallest absolute Gasteiger partial charge is 0.277 e. The van der Waals surface area contributed by atoms with E-state index in [9.17, 15) is 4.79 Å². The highest BCUT2D eigenvalue weighted by molar-refractivity contribution is 5.92. The first-order valence-corrected chi connectivity index (χ1v) is 7.77. The zero-order valence-electron chi connectivity index (χ0n) is 12.9. The van der Waals surface area contributed by atoms with Crippen molar-refractivity contribution in [3.8, 4) is 0 Å². The van der Waals surface area contributed by atoms with E-state index in [4.69, 9.17) is 9.84 Å². The maximum absolute atomic E-state index is 11.3. The first kappa shape index (κ1) is 14.1. The molecule has 4 heterocycles. The van der Waals surface area contributed by atoms with E-state index in [1.807, 2.05) is 18.2 Å². The normalized spacial score (nSPS) is 21.5. The number of piperazine rings is 1. The largest absolute Gasteiger partial charge is 0.361 e. The first-order valence-electron chi connectivity index (χ1n) is 7.77. The molecule has 2 atom stereocenters. The second-order valence-corrected chi connectivity index (χ2v) is 6.06. The van der Waals surface area contributed by atoms with Crippen LogP contribution in [0.5, 0.6) is 0 Å². The van der Waals surface area contributed by atoms with Gasteiger partial charge in [0.15, 0.2) is 5.52 Å². The quantitative estimate of drug-likeness (QED) is 0.509. The minimum Gasteiger partial charge on any atom is -0.361 e. The van der Waals surface area contributed by atoms with Crippen LogP contribution in [0.1, 0.15) is 10.4 Å². The first-order chi connectivity index (χ1) is 12.3. The van der Waals surface area contributed by atoms with E-state index in [-0.39, 0.29) is 5.56 Å². The predicted octanol–water partition coefficient (Wildman–Crippen LogP) is 0.209. The number of carbonyl (C=O) groups excluding carboxylic acids is 1. The van der Waals surface area contributed by atoms with Gasteiger partial charge in [0.25, 0.3) is 5.91 Å². The van der Waals surface area contributed by atoms with Crippen LogP contribution in [-0.2, 0) is 0 Å². The van der Waals surface area contributed by atoms with E-state index in [1.165, 1.54) is 12.4 Å². The number of rotatable bonds is 3. The van der Waals surface area contributed by atoms with Crippen molar-refractivity contribution in [1.82, 2.24) is 25.8 Å². The lowest BCUT2D eigenvalue weighted by molar-refractivity contribution is 0.0705. The van der Waals surface area contributed by atoms with E-state index < -0.39 is 5.91 Å². The van der Waals surface area contributed by atoms with Crippen LogP contribution in [0.2, 0.25) is 0 Å². The molecule has 5 rings (SSSR count). The SMILES string of the molecule is O=C(NO)c1cnc(N2CC3[C@H]2CN3c2cccc3nonc23)nc1. The Balaban J connectivity index is 1.32. The van der Waals surface area contributed by atoms with Crippen molar-refractivity contribution in [2.24, 2.45) is 0 Å². The third kappa shape index (κ3) is 1.97. The number of nitrogens with zero attached hydrogens (tertiary/aromatic N) is 6. The highest BCUT2D eigenvalue weighted by Crippen LogP contribution is 2.40. The lowest BCUT2D eigenvalue weighted by Gasteiger charge is -2.62. The summed E-state index contributed by atoms with van der Waals surface area (Å²) in [6.07, 6.45) is 2.80. The summed E-state index contributed by atoms with van der Waals surface area (Å²) in [6.45, 7) is 1.62. The Morgan fingerprint density at radius 3 is 2.64 bits per heavy atom. The van der Waals surface area contributed by atoms with Gasteiger partial charge in [0, 0.05) is 25.5 Å². The standard InChI is InChI=1S/C15H13N7O3/c23-14(18-24)8-4-16-15(17-5-8)22-7-11-12(22)6-21(11)10-3-1-2-9-13(10)20-25-19-9/h1-5,11-12,24H,6-7H2,(H,18,23)/t11?,12-/m1/s1. The summed E-state index contributed by atoms with van der Waals surface area (Å²) in [6, 6.07) is 6.53. The molecule has 2 aliphatic heterocycles. The molecule has 0 radical (unpaired) electrons. The van der Waals surface area contributed by atoms with Crippen molar-refractivity contribution in [2.75, 3.05) is 22.9 Å². The fraction of sp³-hybridized carbons (Fsp3) is 0.267. The number of hydroxylamine groups is 1. The summed E-state index contributed by atoms with van der Waals surface area (Å²) in [5.74, 6) is -0.0473. The average Bonchev–Trinajstić information content (AvgIpc) is 3.12. The van der Waals surface area contributed by atoms with Crippen molar-refractivity contribution >= 4 is 28.6 Å². The van der Waals surface area contributed by atoms with Crippen LogP contribution in [0.3, 0.4) is 0 Å². The molecule has 126 valence electrons. The molecule has 2 N–H and O–H groups in total. The second-order valence-electron chi connectivity index (χ2n) is 6.06. The summed E-state index contributed by atoms with van der Waals surface area (Å²) in [5, 5.41) is 16.5. The molecule has 0 saturated carbocycles. The van der Waals surface area contributed by atoms with Crippen molar-refractivity contribution in [3.63, 3.8) is 0 Å². The van der Waals surface area contributed by atoms with Crippen molar-refractivity contribution in [2.45, 2.75) is 12.1 Å². The summed E-state index contributed by atoms with van der Waals surface area (Å²) in [7, 11) is 0. The van der Waals surface area contributed by atoms with Crippen LogP contribution in [-0.4, -0.2) is 56.6 Å². The van der Waals surface area contributed by atoms with Gasteiger partial charge >= 0.3 is 0 Å². The van der Waals surface area contributed by atoms with Gasteiger partial charge in [0.1, 0.15) is 5.52 Å². The molecule has 0 aliphatic carbocycles. The van der Waals surface area contributed by atoms with Crippen LogP contribution in [0.25, 0.3) is 11.0 Å². The van der Waals surface area contributed by atoms with Gasteiger partial charge in [-0.25, -0.2) is 20.1 Å². The van der Waals surface area contributed by atoms with E-state index in [0.29, 0.717) is 18.0 Å². The number of anilines is 2. The predicted molar refractivity (Wildman–Crippen MR) is 85.4 cm³/mol. The fourth-order valence-corrected chi connectivity index (χ4v) is 3.44. The monoisotopic (exact) mass is 339 g/mol. The third-order valence-corrected chi connectivity index (χ3v) is 4.85. The Morgan fingerprint density at radius 1 is 1.16 bits per heavy atom. The molecule has 2 aromatic heterocycles. The molecule has 0 bridgehead atoms. The third-order valence-electron chi connectivity index (χ3n) is 4.85. The lowest BCUT2D eigenvalue weighted by Crippen LogP contribution is -2.79. The maximum atomic E-state index is 11.3. The molecular weight excluding hydrogens is 326 g/mol. The van der Waals surface area contributed by atoms with Crippen LogP contribution in [0, 0.1) is 0 Å². The highest BCUT2D eigenvalue weighted by atomic mass is 16.6. The molecule has 1 aromatic carbocycles. The van der Waals surface area contributed by atoms with Crippen LogP contribution < -0.4 is 15.3 Å². The molecule has 0 spiro atoms. The number of amides is 1. The Bertz CT molecular complexity index is 957. The minimum absolute atomic E-state index is 0.212. The summed E-state index contributed by atoms with van der Waals surface area (Å²) in [4.78, 5) is 24.1. The van der Waals surface area contributed by atoms with Gasteiger partial charge in [-0.2, -0.15) is 0 Å².